The van der Waals surface area contributed by atoms with Crippen LogP contribution in [0.1, 0.15) is 16.8 Å². The molecule has 0 radical (unpaired) electrons. The lowest BCUT2D eigenvalue weighted by molar-refractivity contribution is 0.341. The first-order valence-corrected chi connectivity index (χ1v) is 6.63. The van der Waals surface area contributed by atoms with Gasteiger partial charge in [-0.3, -0.25) is 4.99 Å². The third-order valence-corrected chi connectivity index (χ3v) is 3.15. The zero-order valence-corrected chi connectivity index (χ0v) is 11.3. The summed E-state index contributed by atoms with van der Waals surface area (Å²) in [7, 11) is 4.02. The molecule has 0 fully saturated rings. The van der Waals surface area contributed by atoms with Gasteiger partial charge in [-0.2, -0.15) is 11.8 Å². The SMILES string of the molecule is CSC(CN=C(N)N)c1ccc(CN(C)C)o1. The minimum atomic E-state index is 0.115. The molecule has 0 aliphatic carbocycles. The van der Waals surface area contributed by atoms with Crippen molar-refractivity contribution in [1.29, 1.82) is 0 Å². The molecule has 0 bridgehead atoms. The van der Waals surface area contributed by atoms with Crippen LogP contribution in [0.4, 0.5) is 0 Å². The van der Waals surface area contributed by atoms with Crippen molar-refractivity contribution >= 4 is 17.7 Å². The molecule has 96 valence electrons. The lowest BCUT2D eigenvalue weighted by Gasteiger charge is -2.09. The predicted octanol–water partition coefficient (Wildman–Crippen LogP) is 1.02. The molecule has 6 heteroatoms. The van der Waals surface area contributed by atoms with Crippen LogP contribution < -0.4 is 11.5 Å². The highest BCUT2D eigenvalue weighted by molar-refractivity contribution is 7.98. The van der Waals surface area contributed by atoms with E-state index in [9.17, 15) is 0 Å². The summed E-state index contributed by atoms with van der Waals surface area (Å²) in [6, 6.07) is 3.98. The number of guanidine groups is 1. The molecule has 17 heavy (non-hydrogen) atoms. The third-order valence-electron chi connectivity index (χ3n) is 2.20. The number of thioether (sulfide) groups is 1. The Morgan fingerprint density at radius 1 is 1.47 bits per heavy atom. The van der Waals surface area contributed by atoms with Gasteiger partial charge in [0.1, 0.15) is 11.5 Å². The van der Waals surface area contributed by atoms with Crippen molar-refractivity contribution in [2.24, 2.45) is 16.5 Å². The van der Waals surface area contributed by atoms with Crippen LogP contribution in [0.15, 0.2) is 21.5 Å². The topological polar surface area (TPSA) is 80.8 Å². The summed E-state index contributed by atoms with van der Waals surface area (Å²) >= 11 is 1.67. The van der Waals surface area contributed by atoms with Crippen molar-refractivity contribution in [2.45, 2.75) is 11.8 Å². The smallest absolute Gasteiger partial charge is 0.185 e. The summed E-state index contributed by atoms with van der Waals surface area (Å²) in [4.78, 5) is 6.09. The Kier molecular flexibility index (Phi) is 5.37. The molecular weight excluding hydrogens is 236 g/mol. The van der Waals surface area contributed by atoms with Gasteiger partial charge in [-0.25, -0.2) is 0 Å². The van der Waals surface area contributed by atoms with Gasteiger partial charge in [0.05, 0.1) is 18.3 Å². The molecule has 0 aliphatic heterocycles. The average Bonchev–Trinajstić information content (AvgIpc) is 2.66. The van der Waals surface area contributed by atoms with Gasteiger partial charge in [0.2, 0.25) is 0 Å². The minimum absolute atomic E-state index is 0.115. The minimum Gasteiger partial charge on any atom is -0.463 e. The van der Waals surface area contributed by atoms with E-state index in [2.05, 4.69) is 9.89 Å². The van der Waals surface area contributed by atoms with E-state index >= 15 is 0 Å². The summed E-state index contributed by atoms with van der Waals surface area (Å²) in [5, 5.41) is 0.160. The van der Waals surface area contributed by atoms with E-state index in [0.717, 1.165) is 18.1 Å². The standard InChI is InChI=1S/C11H20N4OS/c1-15(2)7-8-4-5-9(16-8)10(17-3)6-14-11(12)13/h4-5,10H,6-7H2,1-3H3,(H4,12,13,14). The van der Waals surface area contributed by atoms with Crippen molar-refractivity contribution in [1.82, 2.24) is 4.90 Å². The Balaban J connectivity index is 2.68. The summed E-state index contributed by atoms with van der Waals surface area (Å²) < 4.78 is 5.77. The highest BCUT2D eigenvalue weighted by Gasteiger charge is 2.14. The normalized spacial score (nSPS) is 12.7. The quantitative estimate of drug-likeness (QED) is 0.586. The number of hydrogen-bond donors (Lipinski definition) is 2. The van der Waals surface area contributed by atoms with Crippen molar-refractivity contribution in [3.63, 3.8) is 0 Å². The monoisotopic (exact) mass is 256 g/mol. The lowest BCUT2D eigenvalue weighted by atomic mass is 10.3. The second kappa shape index (κ2) is 6.56. The fraction of sp³-hybridized carbons (Fsp3) is 0.545. The van der Waals surface area contributed by atoms with E-state index in [4.69, 9.17) is 15.9 Å². The predicted molar refractivity (Wildman–Crippen MR) is 73.0 cm³/mol. The molecule has 4 N–H and O–H groups in total. The van der Waals surface area contributed by atoms with Crippen LogP contribution in [0, 0.1) is 0 Å². The summed E-state index contributed by atoms with van der Waals surface area (Å²) in [5.41, 5.74) is 10.7. The summed E-state index contributed by atoms with van der Waals surface area (Å²) in [5.74, 6) is 1.98. The van der Waals surface area contributed by atoms with E-state index in [-0.39, 0.29) is 11.2 Å². The van der Waals surface area contributed by atoms with Crippen LogP contribution in [0.3, 0.4) is 0 Å². The van der Waals surface area contributed by atoms with Gasteiger partial charge in [-0.15, -0.1) is 0 Å². The number of furan rings is 1. The van der Waals surface area contributed by atoms with Crippen LogP contribution in [0.25, 0.3) is 0 Å². The van der Waals surface area contributed by atoms with Crippen molar-refractivity contribution in [3.05, 3.63) is 23.7 Å². The fourth-order valence-corrected chi connectivity index (χ4v) is 2.02. The Hall–Kier alpha value is -1.14. The fourth-order valence-electron chi connectivity index (χ4n) is 1.43. The van der Waals surface area contributed by atoms with Gasteiger partial charge in [0.15, 0.2) is 5.96 Å². The first-order chi connectivity index (χ1) is 8.02. The van der Waals surface area contributed by atoms with Crippen LogP contribution in [0.2, 0.25) is 0 Å². The maximum absolute atomic E-state index is 5.77. The molecule has 0 spiro atoms. The zero-order chi connectivity index (χ0) is 12.8. The Morgan fingerprint density at radius 2 is 2.18 bits per heavy atom. The molecular formula is C11H20N4OS. The largest absolute Gasteiger partial charge is 0.463 e. The van der Waals surface area contributed by atoms with Gasteiger partial charge in [0.25, 0.3) is 0 Å². The Labute approximate surface area is 106 Å². The molecule has 1 atom stereocenters. The first kappa shape index (κ1) is 13.9. The Morgan fingerprint density at radius 3 is 2.71 bits per heavy atom. The molecule has 1 heterocycles. The van der Waals surface area contributed by atoms with Crippen molar-refractivity contribution in [2.75, 3.05) is 26.9 Å². The van der Waals surface area contributed by atoms with Crippen LogP contribution >= 0.6 is 11.8 Å². The number of rotatable bonds is 6. The summed E-state index contributed by atoms with van der Waals surface area (Å²) in [6.07, 6.45) is 2.01. The maximum Gasteiger partial charge on any atom is 0.185 e. The highest BCUT2D eigenvalue weighted by Crippen LogP contribution is 2.28. The molecule has 1 rings (SSSR count). The van der Waals surface area contributed by atoms with E-state index < -0.39 is 0 Å². The zero-order valence-electron chi connectivity index (χ0n) is 10.5. The van der Waals surface area contributed by atoms with E-state index in [1.165, 1.54) is 0 Å². The second-order valence-electron chi connectivity index (χ2n) is 4.03. The highest BCUT2D eigenvalue weighted by atomic mass is 32.2. The first-order valence-electron chi connectivity index (χ1n) is 5.34. The Bertz CT molecular complexity index is 371. The molecule has 1 unspecified atom stereocenters. The lowest BCUT2D eigenvalue weighted by Crippen LogP contribution is -2.23. The van der Waals surface area contributed by atoms with Gasteiger partial charge in [-0.1, -0.05) is 0 Å². The molecule has 1 aromatic rings. The van der Waals surface area contributed by atoms with Crippen molar-refractivity contribution < 1.29 is 4.42 Å². The van der Waals surface area contributed by atoms with E-state index in [1.54, 1.807) is 11.8 Å². The van der Waals surface area contributed by atoms with Gasteiger partial charge < -0.3 is 20.8 Å². The maximum atomic E-state index is 5.77. The number of nitrogens with two attached hydrogens (primary N) is 2. The van der Waals surface area contributed by atoms with E-state index in [1.807, 2.05) is 32.5 Å². The molecule has 0 aromatic carbocycles. The molecule has 1 aromatic heterocycles. The average molecular weight is 256 g/mol. The van der Waals surface area contributed by atoms with Crippen molar-refractivity contribution in [3.8, 4) is 0 Å². The third kappa shape index (κ3) is 4.70. The second-order valence-corrected chi connectivity index (χ2v) is 5.07. The number of aliphatic imine (C=N–C) groups is 1. The number of hydrogen-bond acceptors (Lipinski definition) is 4. The van der Waals surface area contributed by atoms with Crippen LogP contribution in [-0.2, 0) is 6.54 Å². The van der Waals surface area contributed by atoms with Gasteiger partial charge in [0, 0.05) is 0 Å². The number of nitrogens with zero attached hydrogens (tertiary/aromatic N) is 2. The molecule has 0 saturated carbocycles. The van der Waals surface area contributed by atoms with Crippen LogP contribution in [0.5, 0.6) is 0 Å². The van der Waals surface area contributed by atoms with Crippen LogP contribution in [-0.4, -0.2) is 37.8 Å². The van der Waals surface area contributed by atoms with Gasteiger partial charge >= 0.3 is 0 Å². The van der Waals surface area contributed by atoms with Gasteiger partial charge in [-0.05, 0) is 32.5 Å². The molecule has 0 amide bonds. The summed E-state index contributed by atoms with van der Waals surface area (Å²) in [6.45, 7) is 1.34. The molecule has 5 nitrogen and oxygen atoms in total. The molecule has 0 aliphatic rings. The van der Waals surface area contributed by atoms with E-state index in [0.29, 0.717) is 6.54 Å². The molecule has 0 saturated heterocycles.